The molecule has 3 aromatic rings. The fourth-order valence-corrected chi connectivity index (χ4v) is 3.98. The third-order valence-electron chi connectivity index (χ3n) is 5.82. The number of aromatic amines is 1. The Bertz CT molecular complexity index is 1010. The molecule has 1 aliphatic rings. The Kier molecular flexibility index (Phi) is 6.14. The summed E-state index contributed by atoms with van der Waals surface area (Å²) in [6.07, 6.45) is 2.75. The van der Waals surface area contributed by atoms with Crippen LogP contribution in [-0.4, -0.2) is 77.8 Å². The molecule has 1 aromatic heterocycles. The van der Waals surface area contributed by atoms with Crippen LogP contribution in [0, 0.1) is 0 Å². The average Bonchev–Trinajstić information content (AvgIpc) is 3.22. The SMILES string of the molecule is CN(CC(=O)N1CCN(CCc2ccccc2)CC1)C(=O)c1c[nH]c2ccccc12. The fraction of sp³-hybridized carbons (Fsp3) is 0.333. The van der Waals surface area contributed by atoms with Crippen molar-refractivity contribution in [2.24, 2.45) is 0 Å². The Hall–Kier alpha value is -3.12. The van der Waals surface area contributed by atoms with Crippen molar-refractivity contribution in [3.05, 3.63) is 71.9 Å². The Morgan fingerprint density at radius 1 is 0.967 bits per heavy atom. The van der Waals surface area contributed by atoms with Crippen molar-refractivity contribution >= 4 is 22.7 Å². The van der Waals surface area contributed by atoms with Gasteiger partial charge in [0, 0.05) is 56.9 Å². The van der Waals surface area contributed by atoms with E-state index in [-0.39, 0.29) is 18.4 Å². The molecule has 4 rings (SSSR count). The second kappa shape index (κ2) is 9.13. The minimum atomic E-state index is -0.137. The number of rotatable bonds is 6. The second-order valence-electron chi connectivity index (χ2n) is 7.87. The largest absolute Gasteiger partial charge is 0.360 e. The van der Waals surface area contributed by atoms with Gasteiger partial charge in [-0.2, -0.15) is 0 Å². The van der Waals surface area contributed by atoms with Gasteiger partial charge in [-0.3, -0.25) is 14.5 Å². The van der Waals surface area contributed by atoms with Gasteiger partial charge in [0.05, 0.1) is 12.1 Å². The first-order chi connectivity index (χ1) is 14.6. The summed E-state index contributed by atoms with van der Waals surface area (Å²) >= 11 is 0. The van der Waals surface area contributed by atoms with Crippen LogP contribution in [0.25, 0.3) is 10.9 Å². The first kappa shape index (κ1) is 20.2. The zero-order chi connectivity index (χ0) is 20.9. The van der Waals surface area contributed by atoms with Gasteiger partial charge >= 0.3 is 0 Å². The number of amides is 2. The molecule has 1 saturated heterocycles. The highest BCUT2D eigenvalue weighted by atomic mass is 16.2. The number of piperazine rings is 1. The number of hydrogen-bond donors (Lipinski definition) is 1. The standard InChI is InChI=1S/C24H28N4O2/c1-26(24(30)21-17-25-22-10-6-5-9-20(21)22)18-23(29)28-15-13-27(14-16-28)12-11-19-7-3-2-4-8-19/h2-10,17,25H,11-16,18H2,1H3. The smallest absolute Gasteiger partial charge is 0.256 e. The van der Waals surface area contributed by atoms with E-state index in [0.717, 1.165) is 37.0 Å². The number of hydrogen-bond acceptors (Lipinski definition) is 3. The number of aromatic nitrogens is 1. The molecule has 2 heterocycles. The first-order valence-electron chi connectivity index (χ1n) is 10.5. The molecule has 0 saturated carbocycles. The quantitative estimate of drug-likeness (QED) is 0.687. The van der Waals surface area contributed by atoms with Gasteiger partial charge in [-0.15, -0.1) is 0 Å². The number of carbonyl (C=O) groups excluding carboxylic acids is 2. The highest BCUT2D eigenvalue weighted by Gasteiger charge is 2.24. The second-order valence-corrected chi connectivity index (χ2v) is 7.87. The van der Waals surface area contributed by atoms with Gasteiger partial charge in [0.15, 0.2) is 0 Å². The van der Waals surface area contributed by atoms with Crippen LogP contribution in [0.15, 0.2) is 60.8 Å². The Labute approximate surface area is 177 Å². The highest BCUT2D eigenvalue weighted by Crippen LogP contribution is 2.19. The van der Waals surface area contributed by atoms with Crippen molar-refractivity contribution in [1.29, 1.82) is 0 Å². The fourth-order valence-electron chi connectivity index (χ4n) is 3.98. The molecule has 0 atom stereocenters. The van der Waals surface area contributed by atoms with Crippen LogP contribution in [0.4, 0.5) is 0 Å². The van der Waals surface area contributed by atoms with E-state index in [2.05, 4.69) is 34.1 Å². The van der Waals surface area contributed by atoms with Gasteiger partial charge in [0.2, 0.25) is 5.91 Å². The van der Waals surface area contributed by atoms with E-state index in [1.165, 1.54) is 10.5 Å². The molecule has 1 N–H and O–H groups in total. The average molecular weight is 405 g/mol. The van der Waals surface area contributed by atoms with Gasteiger partial charge < -0.3 is 14.8 Å². The molecule has 156 valence electrons. The minimum Gasteiger partial charge on any atom is -0.360 e. The minimum absolute atomic E-state index is 0.00778. The summed E-state index contributed by atoms with van der Waals surface area (Å²) in [5.74, 6) is -0.129. The lowest BCUT2D eigenvalue weighted by Crippen LogP contribution is -2.51. The summed E-state index contributed by atoms with van der Waals surface area (Å²) in [5, 5.41) is 0.883. The monoisotopic (exact) mass is 404 g/mol. The maximum atomic E-state index is 12.8. The van der Waals surface area contributed by atoms with E-state index < -0.39 is 0 Å². The summed E-state index contributed by atoms with van der Waals surface area (Å²) in [6.45, 7) is 4.27. The van der Waals surface area contributed by atoms with Crippen LogP contribution in [0.2, 0.25) is 0 Å². The van der Waals surface area contributed by atoms with Crippen molar-refractivity contribution in [1.82, 2.24) is 19.7 Å². The van der Waals surface area contributed by atoms with Crippen molar-refractivity contribution in [3.63, 3.8) is 0 Å². The van der Waals surface area contributed by atoms with Crippen LogP contribution in [0.1, 0.15) is 15.9 Å². The Balaban J connectivity index is 1.26. The normalized spacial score (nSPS) is 14.8. The number of fused-ring (bicyclic) bond motifs is 1. The molecule has 30 heavy (non-hydrogen) atoms. The van der Waals surface area contributed by atoms with E-state index >= 15 is 0 Å². The van der Waals surface area contributed by atoms with Crippen LogP contribution in [0.3, 0.4) is 0 Å². The zero-order valence-electron chi connectivity index (χ0n) is 17.4. The number of H-pyrrole nitrogens is 1. The van der Waals surface area contributed by atoms with Crippen molar-refractivity contribution in [2.75, 3.05) is 46.3 Å². The number of carbonyl (C=O) groups is 2. The molecule has 0 aliphatic carbocycles. The molecule has 2 aromatic carbocycles. The lowest BCUT2D eigenvalue weighted by molar-refractivity contribution is -0.133. The number of nitrogens with one attached hydrogen (secondary N) is 1. The van der Waals surface area contributed by atoms with Crippen LogP contribution < -0.4 is 0 Å². The van der Waals surface area contributed by atoms with E-state index in [9.17, 15) is 9.59 Å². The molecular weight excluding hydrogens is 376 g/mol. The van der Waals surface area contributed by atoms with E-state index in [1.807, 2.05) is 35.2 Å². The predicted octanol–water partition coefficient (Wildman–Crippen LogP) is 2.63. The van der Waals surface area contributed by atoms with Gasteiger partial charge in [0.25, 0.3) is 5.91 Å². The summed E-state index contributed by atoms with van der Waals surface area (Å²) in [5.41, 5.74) is 2.87. The Morgan fingerprint density at radius 3 is 2.43 bits per heavy atom. The number of para-hydroxylation sites is 1. The maximum Gasteiger partial charge on any atom is 0.256 e. The molecule has 6 heteroatoms. The number of benzene rings is 2. The van der Waals surface area contributed by atoms with Gasteiger partial charge in [-0.05, 0) is 18.1 Å². The summed E-state index contributed by atoms with van der Waals surface area (Å²) in [7, 11) is 1.69. The van der Waals surface area contributed by atoms with Gasteiger partial charge in [0.1, 0.15) is 0 Å². The van der Waals surface area contributed by atoms with Crippen molar-refractivity contribution in [3.8, 4) is 0 Å². The Morgan fingerprint density at radius 2 is 1.67 bits per heavy atom. The number of nitrogens with zero attached hydrogens (tertiary/aromatic N) is 3. The van der Waals surface area contributed by atoms with Crippen LogP contribution in [-0.2, 0) is 11.2 Å². The summed E-state index contributed by atoms with van der Waals surface area (Å²) < 4.78 is 0. The summed E-state index contributed by atoms with van der Waals surface area (Å²) in [4.78, 5) is 34.5. The van der Waals surface area contributed by atoms with Crippen LogP contribution in [0.5, 0.6) is 0 Å². The maximum absolute atomic E-state index is 12.8. The molecule has 2 amide bonds. The lowest BCUT2D eigenvalue weighted by atomic mass is 10.1. The lowest BCUT2D eigenvalue weighted by Gasteiger charge is -2.35. The van der Waals surface area contributed by atoms with Gasteiger partial charge in [-0.1, -0.05) is 48.5 Å². The molecule has 0 unspecified atom stereocenters. The van der Waals surface area contributed by atoms with E-state index in [4.69, 9.17) is 0 Å². The third-order valence-corrected chi connectivity index (χ3v) is 5.82. The first-order valence-corrected chi connectivity index (χ1v) is 10.5. The molecule has 1 aliphatic heterocycles. The molecular formula is C24H28N4O2. The topological polar surface area (TPSA) is 59.7 Å². The third kappa shape index (κ3) is 4.54. The summed E-state index contributed by atoms with van der Waals surface area (Å²) in [6, 6.07) is 18.2. The van der Waals surface area contributed by atoms with Crippen LogP contribution >= 0.6 is 0 Å². The molecule has 0 spiro atoms. The van der Waals surface area contributed by atoms with Gasteiger partial charge in [-0.25, -0.2) is 0 Å². The molecule has 0 bridgehead atoms. The van der Waals surface area contributed by atoms with E-state index in [0.29, 0.717) is 18.7 Å². The molecule has 6 nitrogen and oxygen atoms in total. The van der Waals surface area contributed by atoms with E-state index in [1.54, 1.807) is 13.2 Å². The zero-order valence-corrected chi connectivity index (χ0v) is 17.4. The highest BCUT2D eigenvalue weighted by molar-refractivity contribution is 6.07. The molecule has 1 fully saturated rings. The molecule has 0 radical (unpaired) electrons. The number of likely N-dealkylation sites (N-methyl/N-ethyl adjacent to an activating group) is 1. The van der Waals surface area contributed by atoms with Crippen molar-refractivity contribution < 1.29 is 9.59 Å². The predicted molar refractivity (Wildman–Crippen MR) is 118 cm³/mol. The van der Waals surface area contributed by atoms with Crippen molar-refractivity contribution in [2.45, 2.75) is 6.42 Å².